The number of halogens is 1. The van der Waals surface area contributed by atoms with Crippen molar-refractivity contribution in [3.63, 3.8) is 0 Å². The van der Waals surface area contributed by atoms with Crippen LogP contribution < -0.4 is 5.32 Å². The summed E-state index contributed by atoms with van der Waals surface area (Å²) in [6.07, 6.45) is 6.20. The van der Waals surface area contributed by atoms with Gasteiger partial charge in [-0.25, -0.2) is 0 Å². The molecule has 0 aliphatic heterocycles. The molecule has 0 saturated heterocycles. The second-order valence-corrected chi connectivity index (χ2v) is 4.15. The molecule has 1 unspecified atom stereocenters. The lowest BCUT2D eigenvalue weighted by molar-refractivity contribution is 0.443. The highest BCUT2D eigenvalue weighted by atomic mass is 79.9. The molecule has 0 aliphatic carbocycles. The molecule has 1 heterocycles. The molecule has 4 heteroatoms. The summed E-state index contributed by atoms with van der Waals surface area (Å²) in [5, 5.41) is 7.38. The van der Waals surface area contributed by atoms with Crippen molar-refractivity contribution in [3.05, 3.63) is 16.9 Å². The van der Waals surface area contributed by atoms with Gasteiger partial charge in [0.25, 0.3) is 0 Å². The van der Waals surface area contributed by atoms with Gasteiger partial charge in [0.05, 0.1) is 10.7 Å². The van der Waals surface area contributed by atoms with Gasteiger partial charge >= 0.3 is 0 Å². The van der Waals surface area contributed by atoms with Crippen molar-refractivity contribution in [2.45, 2.75) is 25.8 Å². The van der Waals surface area contributed by atoms with Gasteiger partial charge in [0.2, 0.25) is 0 Å². The van der Waals surface area contributed by atoms with E-state index >= 15 is 0 Å². The quantitative estimate of drug-likeness (QED) is 0.807. The van der Waals surface area contributed by atoms with Crippen molar-refractivity contribution in [2.24, 2.45) is 0 Å². The first-order valence-electron chi connectivity index (χ1n) is 4.58. The Balaban J connectivity index is 2.35. The number of rotatable bonds is 5. The molecule has 1 aromatic rings. The average Bonchev–Trinajstić information content (AvgIpc) is 2.52. The molecule has 0 spiro atoms. The molecular weight excluding hydrogens is 230 g/mol. The predicted molar refractivity (Wildman–Crippen MR) is 57.8 cm³/mol. The largest absolute Gasteiger partial charge is 0.320 e. The third-order valence-corrected chi connectivity index (χ3v) is 2.48. The summed E-state index contributed by atoms with van der Waals surface area (Å²) < 4.78 is 3.05. The lowest BCUT2D eigenvalue weighted by Gasteiger charge is -2.11. The monoisotopic (exact) mass is 245 g/mol. The van der Waals surface area contributed by atoms with Gasteiger partial charge in [-0.1, -0.05) is 0 Å². The maximum Gasteiger partial charge on any atom is 0.0632 e. The maximum absolute atomic E-state index is 4.24. The minimum atomic E-state index is 0.486. The molecule has 0 radical (unpaired) electrons. The predicted octanol–water partition coefficient (Wildman–Crippen LogP) is 2.21. The van der Waals surface area contributed by atoms with Gasteiger partial charge in [-0.2, -0.15) is 5.10 Å². The van der Waals surface area contributed by atoms with Gasteiger partial charge in [-0.05, 0) is 49.3 Å². The molecule has 13 heavy (non-hydrogen) atoms. The standard InChI is InChI=1S/C9H16BrN3/c1-8(4-3-5-11-2)13-7-9(10)6-12-13/h6-8,11H,3-5H2,1-2H3. The van der Waals surface area contributed by atoms with Crippen molar-refractivity contribution in [2.75, 3.05) is 13.6 Å². The Morgan fingerprint density at radius 1 is 1.69 bits per heavy atom. The highest BCUT2D eigenvalue weighted by molar-refractivity contribution is 9.10. The Labute approximate surface area is 87.6 Å². The Morgan fingerprint density at radius 3 is 3.00 bits per heavy atom. The van der Waals surface area contributed by atoms with Crippen LogP contribution in [0.1, 0.15) is 25.8 Å². The van der Waals surface area contributed by atoms with Crippen LogP contribution in [0.15, 0.2) is 16.9 Å². The number of hydrogen-bond donors (Lipinski definition) is 1. The number of hydrogen-bond acceptors (Lipinski definition) is 2. The fraction of sp³-hybridized carbons (Fsp3) is 0.667. The zero-order valence-corrected chi connectivity index (χ0v) is 9.71. The van der Waals surface area contributed by atoms with E-state index < -0.39 is 0 Å². The Bertz CT molecular complexity index is 247. The third-order valence-electron chi connectivity index (χ3n) is 2.07. The van der Waals surface area contributed by atoms with E-state index in [4.69, 9.17) is 0 Å². The van der Waals surface area contributed by atoms with E-state index in [1.54, 1.807) is 0 Å². The Hall–Kier alpha value is -0.350. The minimum Gasteiger partial charge on any atom is -0.320 e. The van der Waals surface area contributed by atoms with Crippen LogP contribution in [-0.4, -0.2) is 23.4 Å². The number of nitrogens with one attached hydrogen (secondary N) is 1. The fourth-order valence-electron chi connectivity index (χ4n) is 1.26. The molecular formula is C9H16BrN3. The van der Waals surface area contributed by atoms with Gasteiger partial charge in [-0.15, -0.1) is 0 Å². The molecule has 0 fully saturated rings. The molecule has 3 nitrogen and oxygen atoms in total. The van der Waals surface area contributed by atoms with Crippen LogP contribution >= 0.6 is 15.9 Å². The number of nitrogens with zero attached hydrogens (tertiary/aromatic N) is 2. The molecule has 0 bridgehead atoms. The lowest BCUT2D eigenvalue weighted by atomic mass is 10.2. The van der Waals surface area contributed by atoms with Gasteiger partial charge < -0.3 is 5.32 Å². The van der Waals surface area contributed by atoms with Crippen molar-refractivity contribution < 1.29 is 0 Å². The van der Waals surface area contributed by atoms with Crippen LogP contribution in [0.5, 0.6) is 0 Å². The van der Waals surface area contributed by atoms with Crippen LogP contribution in [0.4, 0.5) is 0 Å². The fourth-order valence-corrected chi connectivity index (χ4v) is 1.56. The zero-order valence-electron chi connectivity index (χ0n) is 8.13. The first-order valence-corrected chi connectivity index (χ1v) is 5.37. The molecule has 1 aromatic heterocycles. The highest BCUT2D eigenvalue weighted by Gasteiger charge is 2.04. The number of aromatic nitrogens is 2. The zero-order chi connectivity index (χ0) is 9.68. The van der Waals surface area contributed by atoms with Crippen LogP contribution in [0.2, 0.25) is 0 Å². The summed E-state index contributed by atoms with van der Waals surface area (Å²) in [6, 6.07) is 0.486. The van der Waals surface area contributed by atoms with E-state index in [0.29, 0.717) is 6.04 Å². The SMILES string of the molecule is CNCCCC(C)n1cc(Br)cn1. The van der Waals surface area contributed by atoms with Gasteiger partial charge in [-0.3, -0.25) is 4.68 Å². The summed E-state index contributed by atoms with van der Waals surface area (Å²) in [5.41, 5.74) is 0. The molecule has 1 atom stereocenters. The first-order chi connectivity index (χ1) is 6.24. The summed E-state index contributed by atoms with van der Waals surface area (Å²) in [6.45, 7) is 3.27. The van der Waals surface area contributed by atoms with Crippen LogP contribution in [0.25, 0.3) is 0 Å². The third kappa shape index (κ3) is 3.48. The van der Waals surface area contributed by atoms with E-state index in [1.165, 1.54) is 6.42 Å². The van der Waals surface area contributed by atoms with Crippen LogP contribution in [-0.2, 0) is 0 Å². The van der Waals surface area contributed by atoms with Crippen molar-refractivity contribution in [3.8, 4) is 0 Å². The summed E-state index contributed by atoms with van der Waals surface area (Å²) >= 11 is 3.39. The molecule has 1 rings (SSSR count). The van der Waals surface area contributed by atoms with E-state index in [0.717, 1.165) is 17.4 Å². The van der Waals surface area contributed by atoms with E-state index in [1.807, 2.05) is 24.1 Å². The smallest absolute Gasteiger partial charge is 0.0632 e. The lowest BCUT2D eigenvalue weighted by Crippen LogP contribution is -2.11. The van der Waals surface area contributed by atoms with Crippen LogP contribution in [0.3, 0.4) is 0 Å². The Kier molecular flexibility index (Phi) is 4.45. The highest BCUT2D eigenvalue weighted by Crippen LogP contribution is 2.15. The normalized spacial score (nSPS) is 13.2. The average molecular weight is 246 g/mol. The van der Waals surface area contributed by atoms with Crippen molar-refractivity contribution in [1.82, 2.24) is 15.1 Å². The maximum atomic E-state index is 4.24. The van der Waals surface area contributed by atoms with Crippen molar-refractivity contribution in [1.29, 1.82) is 0 Å². The van der Waals surface area contributed by atoms with Gasteiger partial charge in [0.15, 0.2) is 0 Å². The summed E-state index contributed by atoms with van der Waals surface area (Å²) in [5.74, 6) is 0. The van der Waals surface area contributed by atoms with Gasteiger partial charge in [0.1, 0.15) is 0 Å². The molecule has 0 aromatic carbocycles. The Morgan fingerprint density at radius 2 is 2.46 bits per heavy atom. The molecule has 74 valence electrons. The van der Waals surface area contributed by atoms with E-state index in [2.05, 4.69) is 33.3 Å². The molecule has 0 amide bonds. The molecule has 1 N–H and O–H groups in total. The van der Waals surface area contributed by atoms with E-state index in [9.17, 15) is 0 Å². The first kappa shape index (κ1) is 10.7. The summed E-state index contributed by atoms with van der Waals surface area (Å²) in [4.78, 5) is 0. The molecule has 0 saturated carbocycles. The second-order valence-electron chi connectivity index (χ2n) is 3.23. The van der Waals surface area contributed by atoms with E-state index in [-0.39, 0.29) is 0 Å². The second kappa shape index (κ2) is 5.40. The van der Waals surface area contributed by atoms with Crippen molar-refractivity contribution >= 4 is 15.9 Å². The van der Waals surface area contributed by atoms with Gasteiger partial charge in [0, 0.05) is 12.2 Å². The topological polar surface area (TPSA) is 29.9 Å². The summed E-state index contributed by atoms with van der Waals surface area (Å²) in [7, 11) is 1.98. The molecule has 0 aliphatic rings. The minimum absolute atomic E-state index is 0.486. The van der Waals surface area contributed by atoms with Crippen LogP contribution in [0, 0.1) is 0 Å².